The lowest BCUT2D eigenvalue weighted by Gasteiger charge is -2.43. The first-order valence-electron chi connectivity index (χ1n) is 11.7. The highest BCUT2D eigenvalue weighted by molar-refractivity contribution is 5.01. The van der Waals surface area contributed by atoms with Crippen LogP contribution in [0.15, 0.2) is 0 Å². The first-order valence-corrected chi connectivity index (χ1v) is 11.7. The maximum atomic E-state index is 3.81. The van der Waals surface area contributed by atoms with Crippen LogP contribution in [0.5, 0.6) is 0 Å². The number of hydrogen-bond donors (Lipinski definition) is 1. The summed E-state index contributed by atoms with van der Waals surface area (Å²) in [5.41, 5.74) is 0.363. The molecule has 4 aliphatic rings. The molecule has 3 nitrogen and oxygen atoms in total. The van der Waals surface area contributed by atoms with E-state index < -0.39 is 0 Å². The Hall–Kier alpha value is -0.120. The second-order valence-corrected chi connectivity index (χ2v) is 10.6. The normalized spacial score (nSPS) is 48.6. The topological polar surface area (TPSA) is 18.5 Å². The molecule has 3 heteroatoms. The van der Waals surface area contributed by atoms with Crippen LogP contribution < -0.4 is 5.32 Å². The molecule has 150 valence electrons. The van der Waals surface area contributed by atoms with Crippen LogP contribution in [0.4, 0.5) is 0 Å². The molecular weight excluding hydrogens is 318 g/mol. The van der Waals surface area contributed by atoms with Gasteiger partial charge in [-0.05, 0) is 82.7 Å². The third-order valence-electron chi connectivity index (χ3n) is 8.82. The lowest BCUT2D eigenvalue weighted by Crippen LogP contribution is -2.50. The summed E-state index contributed by atoms with van der Waals surface area (Å²) in [6.07, 6.45) is 11.4. The van der Waals surface area contributed by atoms with Gasteiger partial charge in [0.1, 0.15) is 0 Å². The minimum Gasteiger partial charge on any atom is -0.312 e. The van der Waals surface area contributed by atoms with Crippen LogP contribution in [0.1, 0.15) is 72.1 Å². The molecule has 1 aliphatic carbocycles. The molecule has 0 amide bonds. The first-order chi connectivity index (χ1) is 12.5. The van der Waals surface area contributed by atoms with E-state index in [0.717, 1.165) is 35.8 Å². The molecule has 0 radical (unpaired) electrons. The summed E-state index contributed by atoms with van der Waals surface area (Å²) < 4.78 is 0. The molecule has 0 aromatic heterocycles. The number of nitrogens with zero attached hydrogens (tertiary/aromatic N) is 2. The molecule has 8 atom stereocenters. The van der Waals surface area contributed by atoms with Gasteiger partial charge in [0.05, 0.1) is 0 Å². The highest BCUT2D eigenvalue weighted by Gasteiger charge is 2.46. The van der Waals surface area contributed by atoms with Crippen molar-refractivity contribution in [3.63, 3.8) is 0 Å². The molecule has 1 saturated carbocycles. The van der Waals surface area contributed by atoms with Crippen molar-refractivity contribution in [2.75, 3.05) is 33.2 Å². The number of fused-ring (bicyclic) bond motifs is 2. The van der Waals surface area contributed by atoms with E-state index in [2.05, 4.69) is 42.9 Å². The van der Waals surface area contributed by atoms with Crippen LogP contribution in [-0.2, 0) is 0 Å². The average molecular weight is 362 g/mol. The molecular formula is C23H43N3. The number of likely N-dealkylation sites (N-methyl/N-ethyl adjacent to an activating group) is 1. The highest BCUT2D eigenvalue weighted by atomic mass is 15.2. The number of nitrogens with one attached hydrogen (secondary N) is 1. The van der Waals surface area contributed by atoms with Crippen molar-refractivity contribution in [3.8, 4) is 0 Å². The van der Waals surface area contributed by atoms with Crippen LogP contribution in [0.3, 0.4) is 0 Å². The van der Waals surface area contributed by atoms with Gasteiger partial charge in [-0.3, -0.25) is 9.80 Å². The zero-order valence-electron chi connectivity index (χ0n) is 17.8. The van der Waals surface area contributed by atoms with Gasteiger partial charge in [0.2, 0.25) is 0 Å². The van der Waals surface area contributed by atoms with Gasteiger partial charge in [0.15, 0.2) is 0 Å². The van der Waals surface area contributed by atoms with Gasteiger partial charge in [-0.15, -0.1) is 0 Å². The lowest BCUT2D eigenvalue weighted by molar-refractivity contribution is 0.0560. The fourth-order valence-electron chi connectivity index (χ4n) is 7.11. The van der Waals surface area contributed by atoms with Crippen LogP contribution in [0.2, 0.25) is 0 Å². The van der Waals surface area contributed by atoms with Gasteiger partial charge in [0, 0.05) is 37.3 Å². The lowest BCUT2D eigenvalue weighted by atomic mass is 9.78. The quantitative estimate of drug-likeness (QED) is 0.772. The molecule has 3 aliphatic heterocycles. The predicted octanol–water partition coefficient (Wildman–Crippen LogP) is 3.99. The summed E-state index contributed by atoms with van der Waals surface area (Å²) in [6.45, 7) is 12.7. The summed E-state index contributed by atoms with van der Waals surface area (Å²) in [7, 11) is 2.42. The molecule has 0 aromatic rings. The van der Waals surface area contributed by atoms with E-state index in [0.29, 0.717) is 5.54 Å². The van der Waals surface area contributed by atoms with Gasteiger partial charge in [-0.1, -0.05) is 26.7 Å². The third-order valence-corrected chi connectivity index (χ3v) is 8.82. The summed E-state index contributed by atoms with van der Waals surface area (Å²) in [5, 5.41) is 3.81. The molecule has 0 spiro atoms. The molecule has 0 aromatic carbocycles. The predicted molar refractivity (Wildman–Crippen MR) is 110 cm³/mol. The van der Waals surface area contributed by atoms with E-state index in [1.807, 2.05) is 0 Å². The van der Waals surface area contributed by atoms with E-state index in [1.54, 1.807) is 0 Å². The van der Waals surface area contributed by atoms with Gasteiger partial charge in [0.25, 0.3) is 0 Å². The summed E-state index contributed by atoms with van der Waals surface area (Å²) in [4.78, 5) is 5.64. The largest absolute Gasteiger partial charge is 0.312 e. The summed E-state index contributed by atoms with van der Waals surface area (Å²) >= 11 is 0. The van der Waals surface area contributed by atoms with E-state index in [-0.39, 0.29) is 0 Å². The summed E-state index contributed by atoms with van der Waals surface area (Å²) in [5.74, 6) is 3.82. The zero-order chi connectivity index (χ0) is 18.3. The maximum absolute atomic E-state index is 3.81. The van der Waals surface area contributed by atoms with Gasteiger partial charge in [-0.2, -0.15) is 0 Å². The minimum absolute atomic E-state index is 0.363. The van der Waals surface area contributed by atoms with E-state index >= 15 is 0 Å². The maximum Gasteiger partial charge on any atom is 0.0317 e. The van der Waals surface area contributed by atoms with Gasteiger partial charge >= 0.3 is 0 Å². The van der Waals surface area contributed by atoms with Gasteiger partial charge < -0.3 is 5.32 Å². The van der Waals surface area contributed by atoms with Crippen molar-refractivity contribution in [2.45, 2.75) is 89.8 Å². The monoisotopic (exact) mass is 361 g/mol. The molecule has 4 fully saturated rings. The van der Waals surface area contributed by atoms with Gasteiger partial charge in [-0.25, -0.2) is 0 Å². The number of piperidine rings is 1. The Labute approximate surface area is 162 Å². The van der Waals surface area contributed by atoms with Crippen LogP contribution >= 0.6 is 0 Å². The molecule has 4 rings (SSSR count). The highest BCUT2D eigenvalue weighted by Crippen LogP contribution is 2.46. The van der Waals surface area contributed by atoms with Crippen LogP contribution in [0.25, 0.3) is 0 Å². The van der Waals surface area contributed by atoms with Crippen molar-refractivity contribution in [1.29, 1.82) is 0 Å². The van der Waals surface area contributed by atoms with Crippen molar-refractivity contribution in [1.82, 2.24) is 15.1 Å². The van der Waals surface area contributed by atoms with E-state index in [9.17, 15) is 0 Å². The van der Waals surface area contributed by atoms with Crippen LogP contribution in [-0.4, -0.2) is 60.6 Å². The Morgan fingerprint density at radius 2 is 2.00 bits per heavy atom. The molecule has 1 N–H and O–H groups in total. The molecule has 26 heavy (non-hydrogen) atoms. The molecule has 3 saturated heterocycles. The van der Waals surface area contributed by atoms with Crippen LogP contribution in [0, 0.1) is 23.7 Å². The Balaban J connectivity index is 1.40. The Kier molecular flexibility index (Phi) is 5.70. The second-order valence-electron chi connectivity index (χ2n) is 10.6. The summed E-state index contributed by atoms with van der Waals surface area (Å²) in [6, 6.07) is 1.64. The second kappa shape index (κ2) is 7.72. The smallest absolute Gasteiger partial charge is 0.0317 e. The van der Waals surface area contributed by atoms with E-state index in [4.69, 9.17) is 0 Å². The standard InChI is InChI=1S/C23H43N3/c1-5-6-20-13-23(3,16-24-20)25(4)15-19-9-7-17(2)22(19)21-10-8-18-11-12-26(21)14-18/h17-22,24H,5-16H2,1-4H3. The van der Waals surface area contributed by atoms with E-state index in [1.165, 1.54) is 77.5 Å². The minimum atomic E-state index is 0.363. The Morgan fingerprint density at radius 3 is 2.81 bits per heavy atom. The first kappa shape index (κ1) is 19.2. The number of hydrogen-bond acceptors (Lipinski definition) is 3. The molecule has 3 heterocycles. The average Bonchev–Trinajstić information content (AvgIpc) is 3.29. The fraction of sp³-hybridized carbons (Fsp3) is 1.00. The molecule has 8 unspecified atom stereocenters. The SMILES string of the molecule is CCCC1CC(C)(N(C)CC2CCC(C)C2C2CCC3CCN2C3)CN1. The zero-order valence-corrected chi connectivity index (χ0v) is 17.8. The Morgan fingerprint density at radius 1 is 1.15 bits per heavy atom. The van der Waals surface area contributed by atoms with Crippen molar-refractivity contribution >= 4 is 0 Å². The number of rotatable bonds is 6. The fourth-order valence-corrected chi connectivity index (χ4v) is 7.11. The third kappa shape index (κ3) is 3.61. The van der Waals surface area contributed by atoms with Crippen molar-refractivity contribution in [3.05, 3.63) is 0 Å². The van der Waals surface area contributed by atoms with Crippen molar-refractivity contribution < 1.29 is 0 Å². The van der Waals surface area contributed by atoms with Crippen molar-refractivity contribution in [2.24, 2.45) is 23.7 Å². The Bertz CT molecular complexity index is 480. The molecule has 2 bridgehead atoms.